The number of amides is 1. The van der Waals surface area contributed by atoms with Crippen LogP contribution >= 0.6 is 0 Å². The van der Waals surface area contributed by atoms with Gasteiger partial charge in [0.05, 0.1) is 17.9 Å². The number of halogens is 1. The van der Waals surface area contributed by atoms with E-state index < -0.39 is 5.91 Å². The second kappa shape index (κ2) is 9.46. The molecule has 1 fully saturated rings. The lowest BCUT2D eigenvalue weighted by molar-refractivity contribution is 0.0937. The second-order valence-corrected chi connectivity index (χ2v) is 10.1. The van der Waals surface area contributed by atoms with Crippen LogP contribution in [0.4, 0.5) is 10.2 Å². The average Bonchev–Trinajstić information content (AvgIpc) is 3.44. The van der Waals surface area contributed by atoms with E-state index in [-0.39, 0.29) is 35.1 Å². The van der Waals surface area contributed by atoms with Crippen molar-refractivity contribution < 1.29 is 9.18 Å². The van der Waals surface area contributed by atoms with E-state index in [1.807, 2.05) is 52.8 Å². The number of hydrogen-bond acceptors (Lipinski definition) is 5. The summed E-state index contributed by atoms with van der Waals surface area (Å²) in [6, 6.07) is 11.4. The van der Waals surface area contributed by atoms with Crippen LogP contribution in [0.5, 0.6) is 0 Å². The molecule has 192 valence electrons. The average molecular weight is 503 g/mol. The zero-order valence-electron chi connectivity index (χ0n) is 21.7. The van der Waals surface area contributed by atoms with E-state index in [0.29, 0.717) is 18.8 Å². The van der Waals surface area contributed by atoms with Crippen LogP contribution in [0.3, 0.4) is 0 Å². The molecule has 4 heterocycles. The van der Waals surface area contributed by atoms with Crippen molar-refractivity contribution in [2.24, 2.45) is 0 Å². The maximum absolute atomic E-state index is 14.2. The minimum atomic E-state index is -0.402. The molecule has 1 aliphatic rings. The highest BCUT2D eigenvalue weighted by Gasteiger charge is 2.36. The van der Waals surface area contributed by atoms with Gasteiger partial charge in [0, 0.05) is 24.3 Å². The number of carbonyl (C=O) groups is 1. The van der Waals surface area contributed by atoms with Crippen molar-refractivity contribution in [3.8, 4) is 0 Å². The number of benzene rings is 1. The predicted octanol–water partition coefficient (Wildman–Crippen LogP) is 4.29. The summed E-state index contributed by atoms with van der Waals surface area (Å²) in [5, 5.41) is 7.85. The van der Waals surface area contributed by atoms with Gasteiger partial charge in [-0.2, -0.15) is 0 Å². The number of hydrogen-bond donors (Lipinski definition) is 1. The first-order chi connectivity index (χ1) is 17.6. The molecule has 1 aromatic carbocycles. The molecule has 4 aromatic rings. The molecular formula is C28H31FN6O2. The van der Waals surface area contributed by atoms with Crippen molar-refractivity contribution in [2.75, 3.05) is 11.4 Å². The van der Waals surface area contributed by atoms with Crippen LogP contribution in [0.25, 0.3) is 5.65 Å². The fourth-order valence-electron chi connectivity index (χ4n) is 5.26. The summed E-state index contributed by atoms with van der Waals surface area (Å²) in [5.74, 6) is -0.0164. The van der Waals surface area contributed by atoms with Crippen LogP contribution < -0.4 is 15.8 Å². The summed E-state index contributed by atoms with van der Waals surface area (Å²) in [7, 11) is 0. The van der Waals surface area contributed by atoms with Gasteiger partial charge >= 0.3 is 0 Å². The molecular weight excluding hydrogens is 471 g/mol. The number of aromatic nitrogens is 4. The number of nitrogens with zero attached hydrogens (tertiary/aromatic N) is 5. The van der Waals surface area contributed by atoms with Gasteiger partial charge in [0.15, 0.2) is 5.65 Å². The van der Waals surface area contributed by atoms with Crippen LogP contribution in [-0.4, -0.2) is 37.7 Å². The van der Waals surface area contributed by atoms with E-state index in [4.69, 9.17) is 5.10 Å². The molecule has 2 atom stereocenters. The number of fused-ring (bicyclic) bond motifs is 1. The molecule has 3 aromatic heterocycles. The molecule has 0 radical (unpaired) electrons. The highest BCUT2D eigenvalue weighted by atomic mass is 19.1. The summed E-state index contributed by atoms with van der Waals surface area (Å²) < 4.78 is 17.6. The third-order valence-electron chi connectivity index (χ3n) is 7.19. The fourth-order valence-corrected chi connectivity index (χ4v) is 5.26. The molecule has 9 heteroatoms. The van der Waals surface area contributed by atoms with Gasteiger partial charge in [0.1, 0.15) is 17.2 Å². The van der Waals surface area contributed by atoms with Crippen molar-refractivity contribution in [2.45, 2.75) is 59.2 Å². The second-order valence-electron chi connectivity index (χ2n) is 10.1. The summed E-state index contributed by atoms with van der Waals surface area (Å²) in [6.45, 7) is 10.0. The van der Waals surface area contributed by atoms with E-state index in [2.05, 4.69) is 15.2 Å². The van der Waals surface area contributed by atoms with Crippen molar-refractivity contribution in [1.82, 2.24) is 24.5 Å². The topological polar surface area (TPSA) is 84.5 Å². The lowest BCUT2D eigenvalue weighted by atomic mass is 10.0. The van der Waals surface area contributed by atoms with E-state index in [0.717, 1.165) is 28.2 Å². The van der Waals surface area contributed by atoms with E-state index in [1.54, 1.807) is 27.4 Å². The molecule has 0 spiro atoms. The summed E-state index contributed by atoms with van der Waals surface area (Å²) in [4.78, 5) is 32.9. The van der Waals surface area contributed by atoms with Crippen LogP contribution in [0, 0.1) is 26.6 Å². The van der Waals surface area contributed by atoms with Gasteiger partial charge in [-0.3, -0.25) is 9.59 Å². The predicted molar refractivity (Wildman–Crippen MR) is 141 cm³/mol. The Bertz CT molecular complexity index is 1560. The smallest absolute Gasteiger partial charge is 0.263 e. The molecule has 1 saturated heterocycles. The van der Waals surface area contributed by atoms with Gasteiger partial charge < -0.3 is 14.8 Å². The Morgan fingerprint density at radius 1 is 1.14 bits per heavy atom. The molecule has 1 N–H and O–H groups in total. The number of aryl methyl sites for hydroxylation is 2. The van der Waals surface area contributed by atoms with Crippen LogP contribution in [0.2, 0.25) is 0 Å². The molecule has 1 aliphatic heterocycles. The number of rotatable bonds is 5. The molecule has 5 rings (SSSR count). The van der Waals surface area contributed by atoms with Gasteiger partial charge in [-0.15, -0.1) is 5.10 Å². The zero-order valence-corrected chi connectivity index (χ0v) is 21.7. The number of pyridine rings is 1. The normalized spacial score (nSPS) is 17.6. The first-order valence-electron chi connectivity index (χ1n) is 12.5. The van der Waals surface area contributed by atoms with Gasteiger partial charge in [-0.1, -0.05) is 12.1 Å². The zero-order chi connectivity index (χ0) is 26.4. The van der Waals surface area contributed by atoms with Crippen molar-refractivity contribution >= 4 is 17.4 Å². The number of imidazole rings is 1. The third-order valence-corrected chi connectivity index (χ3v) is 7.19. The fraction of sp³-hybridized carbons (Fsp3) is 0.357. The van der Waals surface area contributed by atoms with Gasteiger partial charge in [-0.05, 0) is 82.5 Å². The van der Waals surface area contributed by atoms with Gasteiger partial charge in [-0.25, -0.2) is 13.9 Å². The highest BCUT2D eigenvalue weighted by Crippen LogP contribution is 2.36. The Hall–Kier alpha value is -4.01. The Labute approximate surface area is 214 Å². The third kappa shape index (κ3) is 4.50. The maximum Gasteiger partial charge on any atom is 0.263 e. The lowest BCUT2D eigenvalue weighted by Crippen LogP contribution is -2.41. The minimum Gasteiger partial charge on any atom is -0.347 e. The SMILES string of the molecule is Cc1cc(C(=O)NC2C[C@H](c3cccc(F)c3)N(c3ccc4ncc(C)n4n3)C2)c(=O)n(C(C)C)c1C. The van der Waals surface area contributed by atoms with Crippen LogP contribution in [0.15, 0.2) is 53.5 Å². The Morgan fingerprint density at radius 2 is 1.92 bits per heavy atom. The highest BCUT2D eigenvalue weighted by molar-refractivity contribution is 5.94. The Morgan fingerprint density at radius 3 is 2.65 bits per heavy atom. The van der Waals surface area contributed by atoms with E-state index >= 15 is 0 Å². The molecule has 8 nitrogen and oxygen atoms in total. The van der Waals surface area contributed by atoms with E-state index in [9.17, 15) is 14.0 Å². The van der Waals surface area contributed by atoms with Crippen molar-refractivity contribution in [3.05, 3.63) is 92.9 Å². The van der Waals surface area contributed by atoms with Crippen LogP contribution in [0.1, 0.15) is 65.2 Å². The van der Waals surface area contributed by atoms with Gasteiger partial charge in [0.25, 0.3) is 11.5 Å². The molecule has 1 unspecified atom stereocenters. The quantitative estimate of drug-likeness (QED) is 0.440. The first-order valence-corrected chi connectivity index (χ1v) is 12.5. The van der Waals surface area contributed by atoms with E-state index in [1.165, 1.54) is 12.1 Å². The van der Waals surface area contributed by atoms with Crippen LogP contribution in [-0.2, 0) is 0 Å². The van der Waals surface area contributed by atoms with Crippen molar-refractivity contribution in [3.63, 3.8) is 0 Å². The molecule has 0 bridgehead atoms. The monoisotopic (exact) mass is 502 g/mol. The largest absolute Gasteiger partial charge is 0.347 e. The Kier molecular flexibility index (Phi) is 6.31. The van der Waals surface area contributed by atoms with Gasteiger partial charge in [0.2, 0.25) is 0 Å². The van der Waals surface area contributed by atoms with Crippen molar-refractivity contribution in [1.29, 1.82) is 0 Å². The first kappa shape index (κ1) is 24.7. The standard InChI is InChI=1S/C28H31FN6O2/c1-16(2)34-19(5)17(3)11-23(28(34)37)27(36)31-22-13-24(20-7-6-8-21(29)12-20)33(15-22)26-10-9-25-30-14-18(4)35(25)32-26/h6-12,14,16,22,24H,13,15H2,1-5H3,(H,31,36)/t22?,24-/m1/s1. The molecule has 0 saturated carbocycles. The lowest BCUT2D eigenvalue weighted by Gasteiger charge is -2.26. The number of carbonyl (C=O) groups excluding carboxylic acids is 1. The summed E-state index contributed by atoms with van der Waals surface area (Å²) in [6.07, 6.45) is 2.30. The number of anilines is 1. The molecule has 1 amide bonds. The molecule has 37 heavy (non-hydrogen) atoms. The minimum absolute atomic E-state index is 0.0640. The maximum atomic E-state index is 14.2. The molecule has 0 aliphatic carbocycles. The summed E-state index contributed by atoms with van der Waals surface area (Å²) in [5.41, 5.74) is 4.02. The summed E-state index contributed by atoms with van der Waals surface area (Å²) >= 11 is 0. The Balaban J connectivity index is 1.48. The number of nitrogens with one attached hydrogen (secondary N) is 1.